The smallest absolute Gasteiger partial charge is 0.225 e. The van der Waals surface area contributed by atoms with Crippen LogP contribution in [0.2, 0.25) is 0 Å². The van der Waals surface area contributed by atoms with Crippen LogP contribution >= 0.6 is 0 Å². The van der Waals surface area contributed by atoms with Gasteiger partial charge in [-0.15, -0.1) is 0 Å². The normalized spacial score (nSPS) is 24.0. The summed E-state index contributed by atoms with van der Waals surface area (Å²) < 4.78 is 0. The number of anilines is 1. The molecule has 1 fully saturated rings. The number of hydrogen-bond acceptors (Lipinski definition) is 4. The van der Waals surface area contributed by atoms with E-state index in [4.69, 9.17) is 5.73 Å². The Morgan fingerprint density at radius 3 is 2.44 bits per heavy atom. The summed E-state index contributed by atoms with van der Waals surface area (Å²) in [5, 5.41) is 0. The standard InChI is InChI=1S/C14H24N4/c1-10-8-11(2)17-14(16-10)18(3)13-7-5-4-6-12(13)9-15/h8,12-13H,4-7,9,15H2,1-3H3. The van der Waals surface area contributed by atoms with Crippen LogP contribution in [0.1, 0.15) is 37.1 Å². The number of nitrogens with zero attached hydrogens (tertiary/aromatic N) is 3. The molecule has 18 heavy (non-hydrogen) atoms. The number of hydrogen-bond donors (Lipinski definition) is 1. The molecule has 1 saturated carbocycles. The van der Waals surface area contributed by atoms with Crippen molar-refractivity contribution in [3.8, 4) is 0 Å². The maximum atomic E-state index is 5.90. The Hall–Kier alpha value is -1.16. The van der Waals surface area contributed by atoms with Gasteiger partial charge < -0.3 is 10.6 Å². The highest BCUT2D eigenvalue weighted by Gasteiger charge is 2.28. The monoisotopic (exact) mass is 248 g/mol. The summed E-state index contributed by atoms with van der Waals surface area (Å²) in [5.41, 5.74) is 7.97. The molecule has 2 rings (SSSR count). The van der Waals surface area contributed by atoms with Crippen LogP contribution in [-0.2, 0) is 0 Å². The van der Waals surface area contributed by atoms with Crippen molar-refractivity contribution >= 4 is 5.95 Å². The van der Waals surface area contributed by atoms with Crippen molar-refractivity contribution in [2.24, 2.45) is 11.7 Å². The highest BCUT2D eigenvalue weighted by atomic mass is 15.3. The number of aryl methyl sites for hydroxylation is 2. The Kier molecular flexibility index (Phi) is 4.17. The minimum atomic E-state index is 0.491. The Bertz CT molecular complexity index is 385. The molecule has 2 atom stereocenters. The van der Waals surface area contributed by atoms with Gasteiger partial charge in [0.25, 0.3) is 0 Å². The van der Waals surface area contributed by atoms with Gasteiger partial charge in [0.1, 0.15) is 0 Å². The molecule has 1 aromatic heterocycles. The number of aromatic nitrogens is 2. The number of rotatable bonds is 3. The molecule has 100 valence electrons. The Balaban J connectivity index is 2.20. The summed E-state index contributed by atoms with van der Waals surface area (Å²) in [6.07, 6.45) is 5.03. The molecule has 0 saturated heterocycles. The molecule has 4 nitrogen and oxygen atoms in total. The molecule has 4 heteroatoms. The van der Waals surface area contributed by atoms with E-state index in [1.165, 1.54) is 25.7 Å². The summed E-state index contributed by atoms with van der Waals surface area (Å²) in [6, 6.07) is 2.50. The van der Waals surface area contributed by atoms with Crippen molar-refractivity contribution in [1.82, 2.24) is 9.97 Å². The lowest BCUT2D eigenvalue weighted by molar-refractivity contribution is 0.304. The van der Waals surface area contributed by atoms with Gasteiger partial charge in [0.05, 0.1) is 0 Å². The average Bonchev–Trinajstić information content (AvgIpc) is 2.36. The van der Waals surface area contributed by atoms with E-state index < -0.39 is 0 Å². The predicted molar refractivity (Wildman–Crippen MR) is 74.7 cm³/mol. The summed E-state index contributed by atoms with van der Waals surface area (Å²) in [6.45, 7) is 4.81. The third-order valence-electron chi connectivity index (χ3n) is 3.96. The first kappa shape index (κ1) is 13.3. The molecular weight excluding hydrogens is 224 g/mol. The molecule has 1 aliphatic carbocycles. The fraction of sp³-hybridized carbons (Fsp3) is 0.714. The lowest BCUT2D eigenvalue weighted by Gasteiger charge is -2.37. The van der Waals surface area contributed by atoms with Crippen LogP contribution < -0.4 is 10.6 Å². The van der Waals surface area contributed by atoms with Gasteiger partial charge >= 0.3 is 0 Å². The van der Waals surface area contributed by atoms with Crippen molar-refractivity contribution in [2.45, 2.75) is 45.6 Å². The van der Waals surface area contributed by atoms with Crippen molar-refractivity contribution in [3.05, 3.63) is 17.5 Å². The van der Waals surface area contributed by atoms with E-state index in [1.54, 1.807) is 0 Å². The largest absolute Gasteiger partial charge is 0.341 e. The zero-order chi connectivity index (χ0) is 13.1. The van der Waals surface area contributed by atoms with Gasteiger partial charge in [-0.2, -0.15) is 0 Å². The highest BCUT2D eigenvalue weighted by Crippen LogP contribution is 2.29. The van der Waals surface area contributed by atoms with Crippen LogP contribution in [0.25, 0.3) is 0 Å². The van der Waals surface area contributed by atoms with Gasteiger partial charge in [-0.25, -0.2) is 9.97 Å². The Morgan fingerprint density at radius 2 is 1.83 bits per heavy atom. The molecule has 0 aliphatic heterocycles. The lowest BCUT2D eigenvalue weighted by atomic mass is 9.84. The van der Waals surface area contributed by atoms with E-state index in [1.807, 2.05) is 19.9 Å². The molecule has 1 aromatic rings. The third kappa shape index (κ3) is 2.80. The summed E-state index contributed by atoms with van der Waals surface area (Å²) in [5.74, 6) is 1.42. The second-order valence-corrected chi connectivity index (χ2v) is 5.41. The molecular formula is C14H24N4. The Morgan fingerprint density at radius 1 is 1.22 bits per heavy atom. The zero-order valence-corrected chi connectivity index (χ0v) is 11.7. The minimum Gasteiger partial charge on any atom is -0.341 e. The summed E-state index contributed by atoms with van der Waals surface area (Å²) >= 11 is 0. The second kappa shape index (κ2) is 5.65. The van der Waals surface area contributed by atoms with Crippen molar-refractivity contribution in [2.75, 3.05) is 18.5 Å². The lowest BCUT2D eigenvalue weighted by Crippen LogP contribution is -2.44. The summed E-state index contributed by atoms with van der Waals surface area (Å²) in [7, 11) is 2.10. The van der Waals surface area contributed by atoms with Crippen LogP contribution in [0.3, 0.4) is 0 Å². The van der Waals surface area contributed by atoms with Crippen molar-refractivity contribution in [3.63, 3.8) is 0 Å². The van der Waals surface area contributed by atoms with Gasteiger partial charge in [-0.1, -0.05) is 12.8 Å². The fourth-order valence-corrected chi connectivity index (χ4v) is 2.99. The minimum absolute atomic E-state index is 0.491. The molecule has 0 amide bonds. The van der Waals surface area contributed by atoms with Crippen molar-refractivity contribution in [1.29, 1.82) is 0 Å². The second-order valence-electron chi connectivity index (χ2n) is 5.41. The van der Waals surface area contributed by atoms with Gasteiger partial charge in [0.2, 0.25) is 5.95 Å². The quantitative estimate of drug-likeness (QED) is 0.889. The number of nitrogens with two attached hydrogens (primary N) is 1. The molecule has 0 bridgehead atoms. The summed E-state index contributed by atoms with van der Waals surface area (Å²) in [4.78, 5) is 11.3. The first-order chi connectivity index (χ1) is 8.61. The van der Waals surface area contributed by atoms with Crippen LogP contribution in [0.4, 0.5) is 5.95 Å². The molecule has 0 aromatic carbocycles. The topological polar surface area (TPSA) is 55.0 Å². The van der Waals surface area contributed by atoms with Gasteiger partial charge in [0.15, 0.2) is 0 Å². The molecule has 1 aliphatic rings. The average molecular weight is 248 g/mol. The van der Waals surface area contributed by atoms with Crippen LogP contribution in [0.5, 0.6) is 0 Å². The molecule has 2 unspecified atom stereocenters. The van der Waals surface area contributed by atoms with E-state index in [2.05, 4.69) is 21.9 Å². The van der Waals surface area contributed by atoms with Gasteiger partial charge in [-0.3, -0.25) is 0 Å². The Labute approximate surface area is 110 Å². The third-order valence-corrected chi connectivity index (χ3v) is 3.96. The van der Waals surface area contributed by atoms with E-state index >= 15 is 0 Å². The highest BCUT2D eigenvalue weighted by molar-refractivity contribution is 5.33. The van der Waals surface area contributed by atoms with E-state index in [0.717, 1.165) is 23.9 Å². The van der Waals surface area contributed by atoms with Crippen molar-refractivity contribution < 1.29 is 0 Å². The predicted octanol–water partition coefficient (Wildman–Crippen LogP) is 2.05. The molecule has 2 N–H and O–H groups in total. The van der Waals surface area contributed by atoms with Gasteiger partial charge in [-0.05, 0) is 45.2 Å². The maximum Gasteiger partial charge on any atom is 0.225 e. The first-order valence-corrected chi connectivity index (χ1v) is 6.87. The van der Waals surface area contributed by atoms with Gasteiger partial charge in [0, 0.05) is 24.5 Å². The first-order valence-electron chi connectivity index (χ1n) is 6.87. The van der Waals surface area contributed by atoms with Crippen LogP contribution in [-0.4, -0.2) is 29.6 Å². The van der Waals surface area contributed by atoms with Crippen LogP contribution in [0.15, 0.2) is 6.07 Å². The molecule has 1 heterocycles. The van der Waals surface area contributed by atoms with E-state index in [0.29, 0.717) is 12.0 Å². The van der Waals surface area contributed by atoms with E-state index in [-0.39, 0.29) is 0 Å². The SMILES string of the molecule is Cc1cc(C)nc(N(C)C2CCCCC2CN)n1. The maximum absolute atomic E-state index is 5.90. The van der Waals surface area contributed by atoms with E-state index in [9.17, 15) is 0 Å². The van der Waals surface area contributed by atoms with Crippen LogP contribution in [0, 0.1) is 19.8 Å². The molecule has 0 radical (unpaired) electrons. The molecule has 0 spiro atoms. The fourth-order valence-electron chi connectivity index (χ4n) is 2.99. The zero-order valence-electron chi connectivity index (χ0n) is 11.7.